The predicted molar refractivity (Wildman–Crippen MR) is 322 cm³/mol. The zero-order valence-electron chi connectivity index (χ0n) is 43.5. The molecule has 1 aromatic heterocycles. The van der Waals surface area contributed by atoms with Gasteiger partial charge in [-0.25, -0.2) is 0 Å². The van der Waals surface area contributed by atoms with Crippen molar-refractivity contribution in [3.05, 3.63) is 270 Å². The van der Waals surface area contributed by atoms with E-state index in [9.17, 15) is 0 Å². The number of hydrogen-bond donors (Lipinski definition) is 0. The second kappa shape index (κ2) is 18.8. The third-order valence-corrected chi connectivity index (χ3v) is 15.2. The summed E-state index contributed by atoms with van der Waals surface area (Å²) in [7, 11) is 0. The van der Waals surface area contributed by atoms with E-state index in [1.807, 2.05) is 6.07 Å². The molecule has 0 N–H and O–H groups in total. The number of nitrogens with zero attached hydrogens (tertiary/aromatic N) is 2. The Morgan fingerprint density at radius 3 is 1.84 bits per heavy atom. The average molecular weight is 981 g/mol. The molecule has 0 fully saturated rings. The molecule has 13 rings (SSSR count). The first kappa shape index (κ1) is 46.4. The van der Waals surface area contributed by atoms with Gasteiger partial charge in [-0.2, -0.15) is 0 Å². The Balaban J connectivity index is 0.965. The first-order chi connectivity index (χ1) is 37.2. The predicted octanol–water partition coefficient (Wildman–Crippen LogP) is 20.1. The van der Waals surface area contributed by atoms with Crippen LogP contribution >= 0.6 is 0 Å². The molecule has 1 aliphatic rings. The van der Waals surface area contributed by atoms with Gasteiger partial charge in [0, 0.05) is 38.8 Å². The van der Waals surface area contributed by atoms with Gasteiger partial charge in [0.15, 0.2) is 5.58 Å². The third-order valence-electron chi connectivity index (χ3n) is 15.2. The molecule has 0 bridgehead atoms. The molecule has 0 aliphatic carbocycles. The Kier molecular flexibility index (Phi) is 11.5. The van der Waals surface area contributed by atoms with Gasteiger partial charge in [0.2, 0.25) is 0 Å². The maximum Gasteiger partial charge on any atom is 0.159 e. The zero-order valence-corrected chi connectivity index (χ0v) is 43.5. The number of anilines is 5. The van der Waals surface area contributed by atoms with Crippen molar-refractivity contribution in [2.24, 2.45) is 0 Å². The molecule has 76 heavy (non-hydrogen) atoms. The highest BCUT2D eigenvalue weighted by Crippen LogP contribution is 2.48. The first-order valence-electron chi connectivity index (χ1n) is 26.2. The summed E-state index contributed by atoms with van der Waals surface area (Å²) in [5, 5.41) is 9.13. The van der Waals surface area contributed by atoms with Crippen molar-refractivity contribution >= 4 is 88.3 Å². The van der Waals surface area contributed by atoms with E-state index >= 15 is 0 Å². The molecule has 0 unspecified atom stereocenters. The molecule has 11 aromatic carbocycles. The van der Waals surface area contributed by atoms with Crippen LogP contribution in [0.2, 0.25) is 0 Å². The van der Waals surface area contributed by atoms with E-state index in [-0.39, 0.29) is 0 Å². The number of allylic oxidation sites excluding steroid dienone is 3. The summed E-state index contributed by atoms with van der Waals surface area (Å²) in [5.74, 6) is 0.846. The van der Waals surface area contributed by atoms with E-state index in [2.05, 4.69) is 263 Å². The normalized spacial score (nSPS) is 13.8. The summed E-state index contributed by atoms with van der Waals surface area (Å²) >= 11 is 0. The summed E-state index contributed by atoms with van der Waals surface area (Å²) in [6, 6.07) is 74.5. The molecule has 0 saturated carbocycles. The van der Waals surface area contributed by atoms with Gasteiger partial charge in [-0.3, -0.25) is 0 Å². The van der Waals surface area contributed by atoms with Crippen molar-refractivity contribution < 1.29 is 9.15 Å². The van der Waals surface area contributed by atoms with Gasteiger partial charge < -0.3 is 19.0 Å². The van der Waals surface area contributed by atoms with Crippen LogP contribution in [0.15, 0.2) is 241 Å². The quantitative estimate of drug-likeness (QED) is 0.142. The molecule has 366 valence electrons. The van der Waals surface area contributed by atoms with Crippen molar-refractivity contribution in [1.82, 2.24) is 0 Å². The van der Waals surface area contributed by atoms with Gasteiger partial charge in [0.25, 0.3) is 0 Å². The molecular formula is C72H56N2O2. The number of fused-ring (bicyclic) bond motifs is 7. The standard InChI is InChI=1S/C72H56N2O2/c1-45-28-35-57-61(52-30-33-54(34-31-52)74(66-25-15-13-22-56(66)51-18-9-7-10-19-51)67-26-17-24-59-58-23-14-16-27-68(58)76-72(59)67)44-64-63(62(57)40-45)43-60-48(4)29-32-55(36-37-75-69-42-47(3)41-65(64)70(60)69)73(53-20-11-8-12-21-53)71-49(5)38-46(2)39-50(71)6/h7-36,38-44H,4,37H2,1-3,5-6H3/b32-29-,55-36+. The third kappa shape index (κ3) is 8.02. The molecule has 4 heteroatoms. The summed E-state index contributed by atoms with van der Waals surface area (Å²) < 4.78 is 13.7. The fourth-order valence-corrected chi connectivity index (χ4v) is 11.9. The first-order valence-corrected chi connectivity index (χ1v) is 26.2. The minimum absolute atomic E-state index is 0.377. The lowest BCUT2D eigenvalue weighted by Crippen LogP contribution is -2.19. The lowest BCUT2D eigenvalue weighted by molar-refractivity contribution is 0.366. The van der Waals surface area contributed by atoms with Crippen LogP contribution in [0.5, 0.6) is 5.75 Å². The van der Waals surface area contributed by atoms with Gasteiger partial charge in [0.1, 0.15) is 17.9 Å². The monoisotopic (exact) mass is 980 g/mol. The van der Waals surface area contributed by atoms with E-state index in [1.165, 1.54) is 43.8 Å². The van der Waals surface area contributed by atoms with E-state index in [1.54, 1.807) is 0 Å². The number of furan rings is 1. The van der Waals surface area contributed by atoms with Crippen LogP contribution in [0, 0.1) is 34.6 Å². The fourth-order valence-electron chi connectivity index (χ4n) is 11.9. The Bertz CT molecular complexity index is 4330. The highest BCUT2D eigenvalue weighted by atomic mass is 16.5. The van der Waals surface area contributed by atoms with Crippen LogP contribution in [-0.2, 0) is 0 Å². The highest BCUT2D eigenvalue weighted by Gasteiger charge is 2.25. The Morgan fingerprint density at radius 2 is 1.04 bits per heavy atom. The lowest BCUT2D eigenvalue weighted by atomic mass is 9.86. The largest absolute Gasteiger partial charge is 0.489 e. The molecular weight excluding hydrogens is 925 g/mol. The zero-order chi connectivity index (χ0) is 51.6. The number of ether oxygens (including phenoxy) is 1. The van der Waals surface area contributed by atoms with Crippen LogP contribution in [0.4, 0.5) is 28.4 Å². The van der Waals surface area contributed by atoms with Gasteiger partial charge >= 0.3 is 0 Å². The van der Waals surface area contributed by atoms with Gasteiger partial charge in [-0.1, -0.05) is 169 Å². The SMILES string of the molecule is C=C1/C=C\C(N(c2ccccc2)c2c(C)cc(C)cc2C)=C/COc2cc(C)cc3c2c1cc1c2cc(C)ccc2c(-c2ccc(N(c4ccccc4-c4ccccc4)c4cccc5c4oc4ccccc45)cc2)cc31. The van der Waals surface area contributed by atoms with Crippen molar-refractivity contribution in [3.8, 4) is 28.0 Å². The Labute approximate surface area is 444 Å². The second-order valence-electron chi connectivity index (χ2n) is 20.4. The van der Waals surface area contributed by atoms with Crippen LogP contribution < -0.4 is 14.5 Å². The van der Waals surface area contributed by atoms with Crippen molar-refractivity contribution in [1.29, 1.82) is 0 Å². The summed E-state index contributed by atoms with van der Waals surface area (Å²) in [4.78, 5) is 4.72. The van der Waals surface area contributed by atoms with E-state index in [0.717, 1.165) is 112 Å². The summed E-state index contributed by atoms with van der Waals surface area (Å²) in [6.07, 6.45) is 6.60. The molecule has 4 nitrogen and oxygen atoms in total. The molecule has 0 atom stereocenters. The number of hydrogen-bond acceptors (Lipinski definition) is 4. The second-order valence-corrected chi connectivity index (χ2v) is 20.4. The Hall–Kier alpha value is -9.38. The molecule has 0 spiro atoms. The van der Waals surface area contributed by atoms with Crippen molar-refractivity contribution in [3.63, 3.8) is 0 Å². The number of benzene rings is 11. The van der Waals surface area contributed by atoms with Crippen molar-refractivity contribution in [2.45, 2.75) is 34.6 Å². The molecule has 0 radical (unpaired) electrons. The number of aryl methyl sites for hydroxylation is 5. The smallest absolute Gasteiger partial charge is 0.159 e. The van der Waals surface area contributed by atoms with Crippen LogP contribution in [0.1, 0.15) is 33.4 Å². The number of para-hydroxylation sites is 4. The summed E-state index contributed by atoms with van der Waals surface area (Å²) in [5.41, 5.74) is 20.6. The lowest BCUT2D eigenvalue weighted by Gasteiger charge is -2.30. The van der Waals surface area contributed by atoms with Crippen LogP contribution in [-0.4, -0.2) is 6.61 Å². The van der Waals surface area contributed by atoms with E-state index in [4.69, 9.17) is 15.7 Å². The number of rotatable bonds is 8. The van der Waals surface area contributed by atoms with Gasteiger partial charge in [-0.05, 0) is 179 Å². The molecule has 0 amide bonds. The average Bonchev–Trinajstić information content (AvgIpc) is 3.85. The Morgan fingerprint density at radius 1 is 0.421 bits per heavy atom. The molecule has 0 saturated heterocycles. The highest BCUT2D eigenvalue weighted by molar-refractivity contribution is 6.24. The molecule has 2 heterocycles. The molecule has 1 aliphatic heterocycles. The van der Waals surface area contributed by atoms with Crippen LogP contribution in [0.25, 0.3) is 82.1 Å². The van der Waals surface area contributed by atoms with Gasteiger partial charge in [0.05, 0.1) is 17.1 Å². The summed E-state index contributed by atoms with van der Waals surface area (Å²) in [6.45, 7) is 16.1. The van der Waals surface area contributed by atoms with E-state index < -0.39 is 0 Å². The maximum absolute atomic E-state index is 6.97. The van der Waals surface area contributed by atoms with E-state index in [0.29, 0.717) is 6.61 Å². The van der Waals surface area contributed by atoms with Gasteiger partial charge in [-0.15, -0.1) is 0 Å². The van der Waals surface area contributed by atoms with Crippen molar-refractivity contribution in [2.75, 3.05) is 16.4 Å². The minimum Gasteiger partial charge on any atom is -0.489 e. The van der Waals surface area contributed by atoms with Crippen LogP contribution in [0.3, 0.4) is 0 Å². The molecule has 12 aromatic rings. The maximum atomic E-state index is 6.97. The topological polar surface area (TPSA) is 28.9 Å². The minimum atomic E-state index is 0.377. The fraction of sp³-hybridized carbons (Fsp3) is 0.0833.